The molecule has 0 atom stereocenters. The lowest BCUT2D eigenvalue weighted by Crippen LogP contribution is -2.18. The molecule has 0 saturated heterocycles. The Morgan fingerprint density at radius 1 is 1.10 bits per heavy atom. The first-order chi connectivity index (χ1) is 14.2. The smallest absolute Gasteiger partial charge is 0.277 e. The van der Waals surface area contributed by atoms with Crippen LogP contribution in [0.4, 0.5) is 0 Å². The molecule has 29 heavy (non-hydrogen) atoms. The minimum Gasteiger partial charge on any atom is -0.411 e. The molecule has 0 N–H and O–H groups in total. The van der Waals surface area contributed by atoms with Crippen LogP contribution in [0.3, 0.4) is 0 Å². The van der Waals surface area contributed by atoms with E-state index in [1.54, 1.807) is 0 Å². The second-order valence-corrected chi connectivity index (χ2v) is 8.89. The first-order valence-corrected chi connectivity index (χ1v) is 11.4. The molecule has 0 aliphatic heterocycles. The largest absolute Gasteiger partial charge is 0.411 e. The molecular formula is C22H18BrN3O2S. The number of benzene rings is 2. The van der Waals surface area contributed by atoms with Gasteiger partial charge in [0.05, 0.1) is 11.3 Å². The molecule has 0 unspecified atom stereocenters. The summed E-state index contributed by atoms with van der Waals surface area (Å²) in [6.45, 7) is 0. The van der Waals surface area contributed by atoms with Crippen LogP contribution in [-0.2, 0) is 12.8 Å². The normalized spacial score (nSPS) is 13.6. The van der Waals surface area contributed by atoms with Gasteiger partial charge in [-0.1, -0.05) is 52.0 Å². The van der Waals surface area contributed by atoms with Gasteiger partial charge in [0.1, 0.15) is 0 Å². The Kier molecular flexibility index (Phi) is 5.01. The van der Waals surface area contributed by atoms with Gasteiger partial charge in [-0.25, -0.2) is 0 Å². The molecule has 1 aliphatic carbocycles. The molecule has 0 bridgehead atoms. The minimum absolute atomic E-state index is 0.0524. The number of hydrogen-bond donors (Lipinski definition) is 0. The van der Waals surface area contributed by atoms with Gasteiger partial charge < -0.3 is 4.42 Å². The Morgan fingerprint density at radius 2 is 1.97 bits per heavy atom. The summed E-state index contributed by atoms with van der Waals surface area (Å²) in [6.07, 6.45) is 4.31. The van der Waals surface area contributed by atoms with Crippen molar-refractivity contribution in [2.45, 2.75) is 30.9 Å². The Hall–Kier alpha value is -2.38. The predicted molar refractivity (Wildman–Crippen MR) is 117 cm³/mol. The third kappa shape index (κ3) is 3.53. The van der Waals surface area contributed by atoms with Crippen molar-refractivity contribution in [2.75, 3.05) is 5.75 Å². The van der Waals surface area contributed by atoms with E-state index in [4.69, 9.17) is 4.42 Å². The molecule has 2 aromatic heterocycles. The topological polar surface area (TPSA) is 60.9 Å². The van der Waals surface area contributed by atoms with Crippen LogP contribution < -0.4 is 0 Å². The van der Waals surface area contributed by atoms with Crippen LogP contribution in [-0.4, -0.2) is 26.4 Å². The predicted octanol–water partition coefficient (Wildman–Crippen LogP) is 5.77. The second kappa shape index (κ2) is 7.80. The van der Waals surface area contributed by atoms with E-state index in [0.717, 1.165) is 34.8 Å². The monoisotopic (exact) mass is 467 g/mol. The zero-order valence-corrected chi connectivity index (χ0v) is 18.0. The fourth-order valence-electron chi connectivity index (χ4n) is 3.97. The third-order valence-electron chi connectivity index (χ3n) is 5.23. The second-order valence-electron chi connectivity index (χ2n) is 7.05. The van der Waals surface area contributed by atoms with Gasteiger partial charge >= 0.3 is 0 Å². The van der Waals surface area contributed by atoms with Crippen LogP contribution in [0.2, 0.25) is 0 Å². The summed E-state index contributed by atoms with van der Waals surface area (Å²) in [5, 5.41) is 9.81. The maximum atomic E-state index is 13.1. The number of carbonyl (C=O) groups is 1. The Labute approximate surface area is 180 Å². The van der Waals surface area contributed by atoms with Crippen LogP contribution >= 0.6 is 27.7 Å². The number of halogens is 1. The Bertz CT molecular complexity index is 1210. The summed E-state index contributed by atoms with van der Waals surface area (Å²) in [4.78, 5) is 13.1. The van der Waals surface area contributed by atoms with Crippen LogP contribution in [0, 0.1) is 0 Å². The van der Waals surface area contributed by atoms with Crippen molar-refractivity contribution < 1.29 is 9.21 Å². The van der Waals surface area contributed by atoms with Gasteiger partial charge in [0.15, 0.2) is 0 Å². The van der Waals surface area contributed by atoms with Crippen molar-refractivity contribution in [3.05, 3.63) is 64.3 Å². The van der Waals surface area contributed by atoms with E-state index in [-0.39, 0.29) is 11.7 Å². The molecule has 0 spiro atoms. The number of carbonyl (C=O) groups excluding carboxylic acids is 1. The summed E-state index contributed by atoms with van der Waals surface area (Å²) < 4.78 is 8.60. The van der Waals surface area contributed by atoms with E-state index in [9.17, 15) is 4.79 Å². The standard InChI is InChI=1S/C22H18BrN3O2S/c23-15-7-5-6-14(12-15)21-24-25-22(28-21)29-13-20(27)26-18-10-3-1-8-16(18)17-9-2-4-11-19(17)26/h1,3,5-8,10,12H,2,4,9,11,13H2. The zero-order valence-electron chi connectivity index (χ0n) is 15.6. The number of fused-ring (bicyclic) bond motifs is 3. The van der Waals surface area contributed by atoms with Crippen LogP contribution in [0.15, 0.2) is 62.6 Å². The van der Waals surface area contributed by atoms with E-state index < -0.39 is 0 Å². The first kappa shape index (κ1) is 18.6. The lowest BCUT2D eigenvalue weighted by Gasteiger charge is -2.14. The first-order valence-electron chi connectivity index (χ1n) is 9.57. The fraction of sp³-hybridized carbons (Fsp3) is 0.227. The Morgan fingerprint density at radius 3 is 2.86 bits per heavy atom. The number of nitrogens with zero attached hydrogens (tertiary/aromatic N) is 3. The summed E-state index contributed by atoms with van der Waals surface area (Å²) in [6, 6.07) is 15.9. The maximum Gasteiger partial charge on any atom is 0.277 e. The van der Waals surface area contributed by atoms with E-state index in [0.29, 0.717) is 11.1 Å². The lowest BCUT2D eigenvalue weighted by atomic mass is 9.96. The van der Waals surface area contributed by atoms with Gasteiger partial charge in [0, 0.05) is 21.1 Å². The summed E-state index contributed by atoms with van der Waals surface area (Å²) in [7, 11) is 0. The van der Waals surface area contributed by atoms with Crippen molar-refractivity contribution >= 4 is 44.5 Å². The van der Waals surface area contributed by atoms with E-state index in [2.05, 4.69) is 32.2 Å². The number of rotatable bonds is 4. The van der Waals surface area contributed by atoms with E-state index >= 15 is 0 Å². The molecule has 2 aromatic carbocycles. The minimum atomic E-state index is 0.0524. The van der Waals surface area contributed by atoms with E-state index in [1.165, 1.54) is 34.8 Å². The van der Waals surface area contributed by atoms with Gasteiger partial charge in [-0.3, -0.25) is 9.36 Å². The van der Waals surface area contributed by atoms with Crippen molar-refractivity contribution in [1.82, 2.24) is 14.8 Å². The number of aryl methyl sites for hydroxylation is 1. The van der Waals surface area contributed by atoms with Crippen molar-refractivity contribution in [3.8, 4) is 11.5 Å². The SMILES string of the molecule is O=C(CSc1nnc(-c2cccc(Br)c2)o1)n1c2c(c3ccccc31)CCCC2. The van der Waals surface area contributed by atoms with Gasteiger partial charge in [0.25, 0.3) is 5.22 Å². The number of para-hydroxylation sites is 1. The fourth-order valence-corrected chi connectivity index (χ4v) is 4.99. The molecule has 146 valence electrons. The number of thioether (sulfide) groups is 1. The molecule has 0 saturated carbocycles. The number of aromatic nitrogens is 3. The average Bonchev–Trinajstić information content (AvgIpc) is 3.35. The van der Waals surface area contributed by atoms with Crippen LogP contribution in [0.1, 0.15) is 28.9 Å². The highest BCUT2D eigenvalue weighted by atomic mass is 79.9. The molecule has 0 fully saturated rings. The highest BCUT2D eigenvalue weighted by Gasteiger charge is 2.23. The molecule has 5 rings (SSSR count). The molecule has 0 amide bonds. The molecule has 5 nitrogen and oxygen atoms in total. The van der Waals surface area contributed by atoms with Crippen LogP contribution in [0.25, 0.3) is 22.4 Å². The van der Waals surface area contributed by atoms with Gasteiger partial charge in [0.2, 0.25) is 11.8 Å². The van der Waals surface area contributed by atoms with Crippen LogP contribution in [0.5, 0.6) is 0 Å². The zero-order chi connectivity index (χ0) is 19.8. The van der Waals surface area contributed by atoms with Crippen molar-refractivity contribution in [2.24, 2.45) is 0 Å². The van der Waals surface area contributed by atoms with Gasteiger partial charge in [-0.05, 0) is 55.5 Å². The molecular weight excluding hydrogens is 450 g/mol. The summed E-state index contributed by atoms with van der Waals surface area (Å²) >= 11 is 4.73. The van der Waals surface area contributed by atoms with Crippen molar-refractivity contribution in [1.29, 1.82) is 0 Å². The third-order valence-corrected chi connectivity index (χ3v) is 6.52. The van der Waals surface area contributed by atoms with E-state index in [1.807, 2.05) is 47.0 Å². The molecule has 4 aromatic rings. The molecule has 2 heterocycles. The highest BCUT2D eigenvalue weighted by molar-refractivity contribution is 9.10. The van der Waals surface area contributed by atoms with Gasteiger partial charge in [-0.2, -0.15) is 0 Å². The Balaban J connectivity index is 1.38. The molecule has 1 aliphatic rings. The van der Waals surface area contributed by atoms with Crippen molar-refractivity contribution in [3.63, 3.8) is 0 Å². The van der Waals surface area contributed by atoms with Gasteiger partial charge in [-0.15, -0.1) is 10.2 Å². The number of hydrogen-bond acceptors (Lipinski definition) is 5. The molecule has 0 radical (unpaired) electrons. The molecule has 7 heteroatoms. The lowest BCUT2D eigenvalue weighted by molar-refractivity contribution is 0.0943. The quantitative estimate of drug-likeness (QED) is 0.356. The average molecular weight is 468 g/mol. The maximum absolute atomic E-state index is 13.1. The summed E-state index contributed by atoms with van der Waals surface area (Å²) in [5.74, 6) is 0.757. The highest BCUT2D eigenvalue weighted by Crippen LogP contribution is 2.33. The summed E-state index contributed by atoms with van der Waals surface area (Å²) in [5.41, 5.74) is 4.35.